The third-order valence-corrected chi connectivity index (χ3v) is 1.91. The van der Waals surface area contributed by atoms with E-state index in [2.05, 4.69) is 10.4 Å². The van der Waals surface area contributed by atoms with Crippen LogP contribution in [0.1, 0.15) is 10.5 Å². The Morgan fingerprint density at radius 3 is 2.75 bits per heavy atom. The lowest BCUT2D eigenvalue weighted by Crippen LogP contribution is -2.31. The number of hydrazine groups is 1. The van der Waals surface area contributed by atoms with E-state index < -0.39 is 18.9 Å². The molecule has 0 unspecified atom stereocenters. The summed E-state index contributed by atoms with van der Waals surface area (Å²) in [5.74, 6) is 4.57. The topological polar surface area (TPSA) is 71.2 Å². The van der Waals surface area contributed by atoms with E-state index in [-0.39, 0.29) is 5.69 Å². The number of nitrogen functional groups attached to an aromatic ring is 1. The number of carbonyl (C=O) groups is 1. The van der Waals surface area contributed by atoms with Crippen molar-refractivity contribution in [2.45, 2.75) is 6.43 Å². The number of hydrogen-bond donors (Lipinski definition) is 2. The van der Waals surface area contributed by atoms with Crippen molar-refractivity contribution < 1.29 is 13.6 Å². The van der Waals surface area contributed by atoms with E-state index in [0.29, 0.717) is 5.69 Å². The molecule has 3 N–H and O–H groups in total. The van der Waals surface area contributed by atoms with Crippen molar-refractivity contribution in [1.29, 1.82) is 0 Å². The van der Waals surface area contributed by atoms with E-state index in [1.807, 2.05) is 0 Å². The maximum Gasteiger partial charge on any atom is 0.272 e. The number of hydrogen-bond acceptors (Lipinski definition) is 4. The van der Waals surface area contributed by atoms with Crippen LogP contribution in [0.5, 0.6) is 0 Å². The Balaban J connectivity index is 2.72. The number of anilines is 1. The summed E-state index contributed by atoms with van der Waals surface area (Å²) in [6.07, 6.45) is -1.21. The van der Waals surface area contributed by atoms with Crippen LogP contribution in [0.3, 0.4) is 0 Å². The van der Waals surface area contributed by atoms with Gasteiger partial charge in [-0.1, -0.05) is 0 Å². The first-order chi connectivity index (χ1) is 7.54. The highest BCUT2D eigenvalue weighted by Crippen LogP contribution is 2.07. The number of aromatic nitrogens is 1. The van der Waals surface area contributed by atoms with E-state index in [4.69, 9.17) is 5.84 Å². The van der Waals surface area contributed by atoms with Crippen molar-refractivity contribution >= 4 is 11.6 Å². The van der Waals surface area contributed by atoms with Crippen molar-refractivity contribution in [2.75, 3.05) is 19.0 Å². The molecule has 1 aromatic rings. The highest BCUT2D eigenvalue weighted by atomic mass is 19.3. The Hall–Kier alpha value is -1.76. The molecule has 0 aliphatic rings. The molecule has 0 spiro atoms. The van der Waals surface area contributed by atoms with Crippen LogP contribution in [-0.4, -0.2) is 35.8 Å². The minimum atomic E-state index is -2.56. The van der Waals surface area contributed by atoms with Gasteiger partial charge in [-0.3, -0.25) is 10.6 Å². The average molecular weight is 230 g/mol. The minimum absolute atomic E-state index is 0.0992. The largest absolute Gasteiger partial charge is 0.335 e. The first-order valence-corrected chi connectivity index (χ1v) is 4.51. The van der Waals surface area contributed by atoms with Crippen LogP contribution in [-0.2, 0) is 0 Å². The molecule has 0 fully saturated rings. The van der Waals surface area contributed by atoms with Crippen LogP contribution < -0.4 is 11.3 Å². The molecule has 0 aliphatic carbocycles. The number of halogens is 2. The van der Waals surface area contributed by atoms with E-state index in [1.54, 1.807) is 0 Å². The summed E-state index contributed by atoms with van der Waals surface area (Å²) in [5, 5.41) is 0. The third kappa shape index (κ3) is 3.13. The van der Waals surface area contributed by atoms with E-state index in [1.165, 1.54) is 25.4 Å². The molecule has 1 amide bonds. The molecule has 0 saturated heterocycles. The Kier molecular flexibility index (Phi) is 4.12. The zero-order valence-corrected chi connectivity index (χ0v) is 8.65. The molecule has 1 aromatic heterocycles. The van der Waals surface area contributed by atoms with Crippen molar-refractivity contribution in [3.8, 4) is 0 Å². The predicted octanol–water partition coefficient (Wildman–Crippen LogP) is 0.704. The summed E-state index contributed by atoms with van der Waals surface area (Å²) in [7, 11) is 1.30. The molecule has 0 aliphatic heterocycles. The van der Waals surface area contributed by atoms with Crippen molar-refractivity contribution in [2.24, 2.45) is 5.84 Å². The molecule has 88 valence electrons. The Morgan fingerprint density at radius 1 is 1.62 bits per heavy atom. The summed E-state index contributed by atoms with van der Waals surface area (Å²) < 4.78 is 24.1. The number of nitrogens with zero attached hydrogens (tertiary/aromatic N) is 2. The molecule has 0 saturated carbocycles. The number of rotatable bonds is 4. The van der Waals surface area contributed by atoms with Gasteiger partial charge >= 0.3 is 0 Å². The maximum absolute atomic E-state index is 12.0. The fourth-order valence-electron chi connectivity index (χ4n) is 1.09. The van der Waals surface area contributed by atoms with Gasteiger partial charge in [-0.2, -0.15) is 0 Å². The quantitative estimate of drug-likeness (QED) is 0.590. The summed E-state index contributed by atoms with van der Waals surface area (Å²) in [5.41, 5.74) is 2.98. The molecule has 0 aromatic carbocycles. The molecule has 0 bridgehead atoms. The highest BCUT2D eigenvalue weighted by molar-refractivity contribution is 5.92. The normalized spacial score (nSPS) is 10.3. The summed E-state index contributed by atoms with van der Waals surface area (Å²) in [6.45, 7) is -0.614. The molecule has 0 atom stereocenters. The van der Waals surface area contributed by atoms with Gasteiger partial charge in [-0.05, 0) is 12.1 Å². The highest BCUT2D eigenvalue weighted by Gasteiger charge is 2.16. The molecule has 7 heteroatoms. The Morgan fingerprint density at radius 2 is 2.31 bits per heavy atom. The third-order valence-electron chi connectivity index (χ3n) is 1.91. The van der Waals surface area contributed by atoms with Crippen molar-refractivity contribution in [3.63, 3.8) is 0 Å². The van der Waals surface area contributed by atoms with Gasteiger partial charge in [0.25, 0.3) is 12.3 Å². The maximum atomic E-state index is 12.0. The molecule has 16 heavy (non-hydrogen) atoms. The van der Waals surface area contributed by atoms with Crippen LogP contribution in [0.4, 0.5) is 14.5 Å². The lowest BCUT2D eigenvalue weighted by Gasteiger charge is -2.15. The number of pyridine rings is 1. The standard InChI is InChI=1S/C9H12F2N4O/c1-15(5-8(10)11)9(16)7-3-2-6(14-12)4-13-7/h2-4,8,14H,5,12H2,1H3. The van der Waals surface area contributed by atoms with Gasteiger partial charge in [0, 0.05) is 7.05 Å². The van der Waals surface area contributed by atoms with Crippen LogP contribution in [0, 0.1) is 0 Å². The van der Waals surface area contributed by atoms with Gasteiger partial charge < -0.3 is 10.3 Å². The van der Waals surface area contributed by atoms with Gasteiger partial charge in [0.05, 0.1) is 18.4 Å². The zero-order valence-electron chi connectivity index (χ0n) is 8.65. The fourth-order valence-corrected chi connectivity index (χ4v) is 1.09. The van der Waals surface area contributed by atoms with E-state index in [9.17, 15) is 13.6 Å². The van der Waals surface area contributed by atoms with Crippen LogP contribution >= 0.6 is 0 Å². The SMILES string of the molecule is CN(CC(F)F)C(=O)c1ccc(NN)cn1. The number of amides is 1. The number of carbonyl (C=O) groups excluding carboxylic acids is 1. The number of nitrogens with one attached hydrogen (secondary N) is 1. The summed E-state index contributed by atoms with van der Waals surface area (Å²) in [6, 6.07) is 2.95. The molecular weight excluding hydrogens is 218 g/mol. The predicted molar refractivity (Wildman–Crippen MR) is 55.0 cm³/mol. The minimum Gasteiger partial charge on any atom is -0.335 e. The van der Waals surface area contributed by atoms with E-state index >= 15 is 0 Å². The zero-order chi connectivity index (χ0) is 12.1. The van der Waals surface area contributed by atoms with Gasteiger partial charge in [0.15, 0.2) is 0 Å². The van der Waals surface area contributed by atoms with Crippen molar-refractivity contribution in [1.82, 2.24) is 9.88 Å². The van der Waals surface area contributed by atoms with Crippen LogP contribution in [0.15, 0.2) is 18.3 Å². The monoisotopic (exact) mass is 230 g/mol. The van der Waals surface area contributed by atoms with Gasteiger partial charge in [-0.25, -0.2) is 13.8 Å². The second-order valence-corrected chi connectivity index (χ2v) is 3.15. The number of nitrogens with two attached hydrogens (primary N) is 1. The van der Waals surface area contributed by atoms with Crippen LogP contribution in [0.2, 0.25) is 0 Å². The van der Waals surface area contributed by atoms with Crippen molar-refractivity contribution in [3.05, 3.63) is 24.0 Å². The fraction of sp³-hybridized carbons (Fsp3) is 0.333. The number of alkyl halides is 2. The molecule has 0 radical (unpaired) electrons. The second kappa shape index (κ2) is 5.36. The lowest BCUT2D eigenvalue weighted by molar-refractivity contribution is 0.0615. The van der Waals surface area contributed by atoms with Gasteiger partial charge in [0.1, 0.15) is 5.69 Å². The van der Waals surface area contributed by atoms with E-state index in [0.717, 1.165) is 4.90 Å². The lowest BCUT2D eigenvalue weighted by atomic mass is 10.3. The molecular formula is C9H12F2N4O. The van der Waals surface area contributed by atoms with Gasteiger partial charge in [-0.15, -0.1) is 0 Å². The first kappa shape index (κ1) is 12.3. The Labute approximate surface area is 91.2 Å². The Bertz CT molecular complexity index is 355. The first-order valence-electron chi connectivity index (χ1n) is 4.51. The summed E-state index contributed by atoms with van der Waals surface area (Å²) >= 11 is 0. The average Bonchev–Trinajstić information content (AvgIpc) is 2.27. The second-order valence-electron chi connectivity index (χ2n) is 3.15. The summed E-state index contributed by atoms with van der Waals surface area (Å²) in [4.78, 5) is 16.3. The van der Waals surface area contributed by atoms with Gasteiger partial charge in [0.2, 0.25) is 0 Å². The van der Waals surface area contributed by atoms with Crippen LogP contribution in [0.25, 0.3) is 0 Å². The molecule has 1 heterocycles. The smallest absolute Gasteiger partial charge is 0.272 e. The molecule has 5 nitrogen and oxygen atoms in total. The molecule has 1 rings (SSSR count).